The predicted molar refractivity (Wildman–Crippen MR) is 50.8 cm³/mol. The summed E-state index contributed by atoms with van der Waals surface area (Å²) >= 11 is 0. The largest absolute Gasteiger partial charge is 0.480 e. The van der Waals surface area contributed by atoms with Crippen LogP contribution in [0.15, 0.2) is 0 Å². The van der Waals surface area contributed by atoms with Gasteiger partial charge in [-0.2, -0.15) is 0 Å². The third-order valence-corrected chi connectivity index (χ3v) is 2.28. The summed E-state index contributed by atoms with van der Waals surface area (Å²) in [5, 5.41) is 11.6. The molecule has 1 saturated heterocycles. The molecule has 0 aromatic carbocycles. The number of amides is 1. The van der Waals surface area contributed by atoms with Crippen LogP contribution in [0, 0.1) is 5.92 Å². The van der Waals surface area contributed by atoms with Gasteiger partial charge in [0.15, 0.2) is 0 Å². The summed E-state index contributed by atoms with van der Waals surface area (Å²) in [6.07, 6.45) is 0. The normalized spacial score (nSPS) is 22.5. The number of nitrogens with one attached hydrogen (secondary N) is 1. The zero-order valence-electron chi connectivity index (χ0n) is 8.49. The van der Waals surface area contributed by atoms with Crippen molar-refractivity contribution in [3.05, 3.63) is 0 Å². The summed E-state index contributed by atoms with van der Waals surface area (Å²) in [7, 11) is 0. The number of carbonyl (C=O) groups excluding carboxylic acids is 1. The fraction of sp³-hybridized carbons (Fsp3) is 0.778. The Morgan fingerprint density at radius 2 is 2.14 bits per heavy atom. The second-order valence-electron chi connectivity index (χ2n) is 3.78. The molecule has 14 heavy (non-hydrogen) atoms. The van der Waals surface area contributed by atoms with Gasteiger partial charge in [0.05, 0.1) is 0 Å². The van der Waals surface area contributed by atoms with Crippen molar-refractivity contribution < 1.29 is 14.7 Å². The van der Waals surface area contributed by atoms with E-state index in [-0.39, 0.29) is 18.4 Å². The first kappa shape index (κ1) is 11.0. The highest BCUT2D eigenvalue weighted by molar-refractivity contribution is 5.80. The van der Waals surface area contributed by atoms with Crippen LogP contribution in [0.1, 0.15) is 13.8 Å². The molecule has 1 aliphatic rings. The van der Waals surface area contributed by atoms with E-state index in [0.29, 0.717) is 13.1 Å². The first-order valence-electron chi connectivity index (χ1n) is 4.77. The number of nitrogens with zero attached hydrogens (tertiary/aromatic N) is 1. The van der Waals surface area contributed by atoms with E-state index in [1.165, 1.54) is 0 Å². The van der Waals surface area contributed by atoms with Crippen molar-refractivity contribution in [1.29, 1.82) is 0 Å². The molecule has 0 aromatic heterocycles. The Labute approximate surface area is 83.1 Å². The molecule has 2 N–H and O–H groups in total. The van der Waals surface area contributed by atoms with Gasteiger partial charge in [0, 0.05) is 25.6 Å². The van der Waals surface area contributed by atoms with E-state index in [2.05, 4.69) is 5.32 Å². The molecule has 0 saturated carbocycles. The molecule has 1 atom stereocenters. The first-order chi connectivity index (χ1) is 6.52. The van der Waals surface area contributed by atoms with E-state index in [9.17, 15) is 9.59 Å². The van der Waals surface area contributed by atoms with Crippen molar-refractivity contribution in [2.24, 2.45) is 5.92 Å². The number of piperazine rings is 1. The van der Waals surface area contributed by atoms with Crippen LogP contribution < -0.4 is 5.32 Å². The standard InChI is InChI=1S/C9H16N2O3/c1-6(2)8(12)11-4-3-10-7(5-11)9(13)14/h6-7,10H,3-5H2,1-2H3,(H,13,14). The SMILES string of the molecule is CC(C)C(=O)N1CCNC(C(=O)O)C1. The minimum Gasteiger partial charge on any atom is -0.480 e. The number of rotatable bonds is 2. The smallest absolute Gasteiger partial charge is 0.322 e. The second kappa shape index (κ2) is 4.41. The van der Waals surface area contributed by atoms with Gasteiger partial charge in [0.1, 0.15) is 6.04 Å². The van der Waals surface area contributed by atoms with Crippen molar-refractivity contribution >= 4 is 11.9 Å². The van der Waals surface area contributed by atoms with Crippen LogP contribution in [0.25, 0.3) is 0 Å². The van der Waals surface area contributed by atoms with Crippen molar-refractivity contribution in [2.45, 2.75) is 19.9 Å². The Morgan fingerprint density at radius 1 is 1.50 bits per heavy atom. The molecule has 0 aromatic rings. The monoisotopic (exact) mass is 200 g/mol. The topological polar surface area (TPSA) is 69.6 Å². The van der Waals surface area contributed by atoms with E-state index in [1.54, 1.807) is 4.90 Å². The quantitative estimate of drug-likeness (QED) is 0.632. The summed E-state index contributed by atoms with van der Waals surface area (Å²) in [6.45, 7) is 5.06. The van der Waals surface area contributed by atoms with Crippen LogP contribution in [0.2, 0.25) is 0 Å². The molecule has 1 unspecified atom stereocenters. The molecule has 0 bridgehead atoms. The van der Waals surface area contributed by atoms with E-state index in [4.69, 9.17) is 5.11 Å². The van der Waals surface area contributed by atoms with Crippen LogP contribution in [0.3, 0.4) is 0 Å². The Hall–Kier alpha value is -1.10. The van der Waals surface area contributed by atoms with Crippen molar-refractivity contribution in [1.82, 2.24) is 10.2 Å². The summed E-state index contributed by atoms with van der Waals surface area (Å²) in [5.41, 5.74) is 0. The molecule has 1 heterocycles. The van der Waals surface area contributed by atoms with Crippen LogP contribution in [0.4, 0.5) is 0 Å². The van der Waals surface area contributed by atoms with Crippen LogP contribution in [-0.4, -0.2) is 47.6 Å². The molecule has 5 nitrogen and oxygen atoms in total. The second-order valence-corrected chi connectivity index (χ2v) is 3.78. The number of hydrogen-bond donors (Lipinski definition) is 2. The highest BCUT2D eigenvalue weighted by Gasteiger charge is 2.28. The molecule has 1 rings (SSSR count). The lowest BCUT2D eigenvalue weighted by Crippen LogP contribution is -2.56. The molecule has 1 aliphatic heterocycles. The summed E-state index contributed by atoms with van der Waals surface area (Å²) in [4.78, 5) is 23.9. The summed E-state index contributed by atoms with van der Waals surface area (Å²) < 4.78 is 0. The zero-order valence-corrected chi connectivity index (χ0v) is 8.49. The van der Waals surface area contributed by atoms with Gasteiger partial charge in [-0.1, -0.05) is 13.8 Å². The summed E-state index contributed by atoms with van der Waals surface area (Å²) in [6, 6.07) is -0.619. The minimum absolute atomic E-state index is 0.0257. The van der Waals surface area contributed by atoms with Gasteiger partial charge in [-0.25, -0.2) is 0 Å². The highest BCUT2D eigenvalue weighted by Crippen LogP contribution is 2.05. The lowest BCUT2D eigenvalue weighted by atomic mass is 10.1. The van der Waals surface area contributed by atoms with Gasteiger partial charge < -0.3 is 15.3 Å². The lowest BCUT2D eigenvalue weighted by molar-refractivity contribution is -0.143. The zero-order chi connectivity index (χ0) is 10.7. The van der Waals surface area contributed by atoms with E-state index in [1.807, 2.05) is 13.8 Å². The number of carboxylic acids is 1. The van der Waals surface area contributed by atoms with E-state index in [0.717, 1.165) is 0 Å². The average molecular weight is 200 g/mol. The molecule has 5 heteroatoms. The Kier molecular flexibility index (Phi) is 3.46. The van der Waals surface area contributed by atoms with Crippen LogP contribution in [0.5, 0.6) is 0 Å². The maximum absolute atomic E-state index is 11.6. The molecule has 1 amide bonds. The molecule has 0 radical (unpaired) electrons. The Balaban J connectivity index is 2.56. The maximum atomic E-state index is 11.6. The van der Waals surface area contributed by atoms with Gasteiger partial charge in [-0.15, -0.1) is 0 Å². The molecular weight excluding hydrogens is 184 g/mol. The third-order valence-electron chi connectivity index (χ3n) is 2.28. The summed E-state index contributed by atoms with van der Waals surface area (Å²) in [5.74, 6) is -0.938. The molecule has 80 valence electrons. The maximum Gasteiger partial charge on any atom is 0.322 e. The molecule has 0 spiro atoms. The van der Waals surface area contributed by atoms with Crippen molar-refractivity contribution in [2.75, 3.05) is 19.6 Å². The fourth-order valence-electron chi connectivity index (χ4n) is 1.48. The predicted octanol–water partition coefficient (Wildman–Crippen LogP) is -0.473. The van der Waals surface area contributed by atoms with Crippen LogP contribution in [-0.2, 0) is 9.59 Å². The Morgan fingerprint density at radius 3 is 2.64 bits per heavy atom. The fourth-order valence-corrected chi connectivity index (χ4v) is 1.48. The Bertz CT molecular complexity index is 240. The van der Waals surface area contributed by atoms with Crippen molar-refractivity contribution in [3.63, 3.8) is 0 Å². The van der Waals surface area contributed by atoms with Crippen molar-refractivity contribution in [3.8, 4) is 0 Å². The highest BCUT2D eigenvalue weighted by atomic mass is 16.4. The molecular formula is C9H16N2O3. The van der Waals surface area contributed by atoms with Gasteiger partial charge in [-0.3, -0.25) is 9.59 Å². The third kappa shape index (κ3) is 2.45. The van der Waals surface area contributed by atoms with Crippen LogP contribution >= 0.6 is 0 Å². The molecule has 1 fully saturated rings. The number of hydrogen-bond acceptors (Lipinski definition) is 3. The van der Waals surface area contributed by atoms with E-state index >= 15 is 0 Å². The lowest BCUT2D eigenvalue weighted by Gasteiger charge is -2.32. The number of carboxylic acid groups (broad SMARTS) is 1. The first-order valence-corrected chi connectivity index (χ1v) is 4.77. The average Bonchev–Trinajstić information content (AvgIpc) is 2.16. The number of aliphatic carboxylic acids is 1. The van der Waals surface area contributed by atoms with E-state index < -0.39 is 12.0 Å². The van der Waals surface area contributed by atoms with Gasteiger partial charge >= 0.3 is 5.97 Å². The van der Waals surface area contributed by atoms with Gasteiger partial charge in [0.25, 0.3) is 0 Å². The van der Waals surface area contributed by atoms with Gasteiger partial charge in [0.2, 0.25) is 5.91 Å². The molecule has 0 aliphatic carbocycles. The number of carbonyl (C=O) groups is 2. The minimum atomic E-state index is -0.897. The van der Waals surface area contributed by atoms with Gasteiger partial charge in [-0.05, 0) is 0 Å².